The van der Waals surface area contributed by atoms with Crippen LogP contribution in [0.2, 0.25) is 0 Å². The number of Topliss-reactive ketones (excluding diaryl/α,β-unsaturated/α-hetero) is 1. The highest BCUT2D eigenvalue weighted by molar-refractivity contribution is 6.46. The quantitative estimate of drug-likeness (QED) is 0.316. The molecule has 1 saturated heterocycles. The summed E-state index contributed by atoms with van der Waals surface area (Å²) in [6.45, 7) is 2.77. The van der Waals surface area contributed by atoms with Crippen LogP contribution in [0.3, 0.4) is 0 Å². The Balaban J connectivity index is 1.54. The molecule has 8 heteroatoms. The normalized spacial score (nSPS) is 18.5. The standard InChI is InChI=1S/C26H23NO7/c1-2-10-31-18-6-3-5-17(13-18)24(28)22-23(20-7-4-11-32-20)27(26(30)25(22)29)14-16-8-9-19-21(12-16)34-15-33-19/h3-9,11-13,23,28H,2,10,14-15H2,1H3/b24-22-. The molecule has 0 radical (unpaired) electrons. The van der Waals surface area contributed by atoms with E-state index in [1.165, 1.54) is 11.2 Å². The average molecular weight is 461 g/mol. The van der Waals surface area contributed by atoms with Crippen LogP contribution in [0.5, 0.6) is 17.2 Å². The van der Waals surface area contributed by atoms with Gasteiger partial charge in [0.1, 0.15) is 23.3 Å². The predicted octanol–water partition coefficient (Wildman–Crippen LogP) is 4.42. The summed E-state index contributed by atoms with van der Waals surface area (Å²) in [6.07, 6.45) is 2.30. The van der Waals surface area contributed by atoms with E-state index in [-0.39, 0.29) is 24.7 Å². The van der Waals surface area contributed by atoms with Gasteiger partial charge in [0.15, 0.2) is 11.5 Å². The van der Waals surface area contributed by atoms with Crippen LogP contribution in [-0.2, 0) is 16.1 Å². The molecule has 2 aromatic carbocycles. The summed E-state index contributed by atoms with van der Waals surface area (Å²) in [5, 5.41) is 11.2. The molecule has 174 valence electrons. The van der Waals surface area contributed by atoms with Gasteiger partial charge in [-0.3, -0.25) is 9.59 Å². The fourth-order valence-corrected chi connectivity index (χ4v) is 4.13. The molecule has 2 aliphatic heterocycles. The molecular formula is C26H23NO7. The van der Waals surface area contributed by atoms with Crippen molar-refractivity contribution in [2.24, 2.45) is 0 Å². The van der Waals surface area contributed by atoms with Crippen molar-refractivity contribution in [1.29, 1.82) is 0 Å². The average Bonchev–Trinajstić information content (AvgIpc) is 3.59. The topological polar surface area (TPSA) is 98.4 Å². The summed E-state index contributed by atoms with van der Waals surface area (Å²) in [7, 11) is 0. The van der Waals surface area contributed by atoms with Crippen LogP contribution in [0.25, 0.3) is 5.76 Å². The van der Waals surface area contributed by atoms with E-state index < -0.39 is 17.7 Å². The van der Waals surface area contributed by atoms with Crippen LogP contribution in [0, 0.1) is 0 Å². The lowest BCUT2D eigenvalue weighted by Crippen LogP contribution is -2.29. The molecule has 34 heavy (non-hydrogen) atoms. The largest absolute Gasteiger partial charge is 0.507 e. The van der Waals surface area contributed by atoms with E-state index in [9.17, 15) is 14.7 Å². The summed E-state index contributed by atoms with van der Waals surface area (Å²) < 4.78 is 22.0. The third kappa shape index (κ3) is 3.87. The minimum Gasteiger partial charge on any atom is -0.507 e. The van der Waals surface area contributed by atoms with E-state index >= 15 is 0 Å². The molecule has 1 N–H and O–H groups in total. The van der Waals surface area contributed by atoms with Gasteiger partial charge in [-0.05, 0) is 48.4 Å². The van der Waals surface area contributed by atoms with Crippen molar-refractivity contribution < 1.29 is 33.3 Å². The van der Waals surface area contributed by atoms with Gasteiger partial charge in [0.25, 0.3) is 11.7 Å². The highest BCUT2D eigenvalue weighted by Gasteiger charge is 2.47. The van der Waals surface area contributed by atoms with Crippen molar-refractivity contribution in [3.8, 4) is 17.2 Å². The van der Waals surface area contributed by atoms with Gasteiger partial charge in [0, 0.05) is 12.1 Å². The van der Waals surface area contributed by atoms with Gasteiger partial charge in [-0.2, -0.15) is 0 Å². The number of carbonyl (C=O) groups is 2. The maximum Gasteiger partial charge on any atom is 0.296 e. The molecular weight excluding hydrogens is 438 g/mol. The number of fused-ring (bicyclic) bond motifs is 1. The molecule has 5 rings (SSSR count). The lowest BCUT2D eigenvalue weighted by Gasteiger charge is -2.23. The van der Waals surface area contributed by atoms with Gasteiger partial charge in [-0.25, -0.2) is 0 Å². The van der Waals surface area contributed by atoms with Gasteiger partial charge < -0.3 is 28.6 Å². The van der Waals surface area contributed by atoms with Crippen LogP contribution in [0.1, 0.15) is 36.3 Å². The molecule has 0 aliphatic carbocycles. The number of hydrogen-bond donors (Lipinski definition) is 1. The van der Waals surface area contributed by atoms with Crippen molar-refractivity contribution in [2.45, 2.75) is 25.9 Å². The Morgan fingerprint density at radius 1 is 1.09 bits per heavy atom. The minimum atomic E-state index is -0.888. The first-order chi connectivity index (χ1) is 16.6. The summed E-state index contributed by atoms with van der Waals surface area (Å²) in [5.74, 6) is 0.356. The van der Waals surface area contributed by atoms with Crippen molar-refractivity contribution >= 4 is 17.4 Å². The van der Waals surface area contributed by atoms with Crippen LogP contribution in [0.15, 0.2) is 70.9 Å². The SMILES string of the molecule is CCCOc1cccc(/C(O)=C2/C(=O)C(=O)N(Cc3ccc4c(c3)OCO4)C2c2ccco2)c1. The van der Waals surface area contributed by atoms with E-state index in [0.29, 0.717) is 35.2 Å². The smallest absolute Gasteiger partial charge is 0.296 e. The summed E-state index contributed by atoms with van der Waals surface area (Å²) >= 11 is 0. The molecule has 1 amide bonds. The molecule has 1 aromatic heterocycles. The van der Waals surface area contributed by atoms with Gasteiger partial charge in [0.05, 0.1) is 18.4 Å². The van der Waals surface area contributed by atoms with Gasteiger partial charge in [-0.15, -0.1) is 0 Å². The van der Waals surface area contributed by atoms with Crippen molar-refractivity contribution in [3.05, 3.63) is 83.3 Å². The maximum atomic E-state index is 13.1. The molecule has 2 aliphatic rings. The number of likely N-dealkylation sites (tertiary alicyclic amines) is 1. The van der Waals surface area contributed by atoms with Crippen molar-refractivity contribution in [3.63, 3.8) is 0 Å². The Bertz CT molecular complexity index is 1260. The Kier molecular flexibility index (Phi) is 5.71. The molecule has 0 saturated carbocycles. The summed E-state index contributed by atoms with van der Waals surface area (Å²) in [6, 6.07) is 14.6. The number of ketones is 1. The number of hydrogen-bond acceptors (Lipinski definition) is 7. The summed E-state index contributed by atoms with van der Waals surface area (Å²) in [4.78, 5) is 27.6. The second kappa shape index (κ2) is 8.97. The molecule has 3 aromatic rings. The van der Waals surface area contributed by atoms with Gasteiger partial charge >= 0.3 is 0 Å². The Hall–Kier alpha value is -4.20. The molecule has 8 nitrogen and oxygen atoms in total. The second-order valence-corrected chi connectivity index (χ2v) is 8.01. The third-order valence-electron chi connectivity index (χ3n) is 5.72. The zero-order valence-electron chi connectivity index (χ0n) is 18.5. The van der Waals surface area contributed by atoms with Crippen LogP contribution in [0.4, 0.5) is 0 Å². The molecule has 1 fully saturated rings. The van der Waals surface area contributed by atoms with E-state index in [1.807, 2.05) is 6.92 Å². The lowest BCUT2D eigenvalue weighted by atomic mass is 9.99. The second-order valence-electron chi connectivity index (χ2n) is 8.01. The molecule has 3 heterocycles. The number of rotatable bonds is 7. The predicted molar refractivity (Wildman–Crippen MR) is 121 cm³/mol. The number of benzene rings is 2. The van der Waals surface area contributed by atoms with E-state index in [0.717, 1.165) is 12.0 Å². The Morgan fingerprint density at radius 2 is 1.94 bits per heavy atom. The van der Waals surface area contributed by atoms with Crippen LogP contribution >= 0.6 is 0 Å². The molecule has 1 atom stereocenters. The zero-order valence-corrected chi connectivity index (χ0v) is 18.5. The first kappa shape index (κ1) is 21.6. The molecule has 1 unspecified atom stereocenters. The van der Waals surface area contributed by atoms with E-state index in [4.69, 9.17) is 18.6 Å². The Morgan fingerprint density at radius 3 is 2.74 bits per heavy atom. The van der Waals surface area contributed by atoms with Gasteiger partial charge in [-0.1, -0.05) is 25.1 Å². The Labute approximate surface area is 196 Å². The number of carbonyl (C=O) groups excluding carboxylic acids is 2. The number of aliphatic hydroxyl groups excluding tert-OH is 1. The third-order valence-corrected chi connectivity index (χ3v) is 5.72. The van der Waals surface area contributed by atoms with Crippen LogP contribution in [-0.4, -0.2) is 35.1 Å². The van der Waals surface area contributed by atoms with Crippen molar-refractivity contribution in [2.75, 3.05) is 13.4 Å². The highest BCUT2D eigenvalue weighted by Crippen LogP contribution is 2.41. The zero-order chi connectivity index (χ0) is 23.7. The fraction of sp³-hybridized carbons (Fsp3) is 0.231. The first-order valence-electron chi connectivity index (χ1n) is 11.0. The molecule has 0 spiro atoms. The minimum absolute atomic E-state index is 0.0339. The van der Waals surface area contributed by atoms with Crippen LogP contribution < -0.4 is 14.2 Å². The first-order valence-corrected chi connectivity index (χ1v) is 11.0. The number of nitrogens with zero attached hydrogens (tertiary/aromatic N) is 1. The number of furan rings is 1. The monoisotopic (exact) mass is 461 g/mol. The van der Waals surface area contributed by atoms with E-state index in [1.54, 1.807) is 54.6 Å². The number of amides is 1. The number of aliphatic hydroxyl groups is 1. The lowest BCUT2D eigenvalue weighted by molar-refractivity contribution is -0.140. The van der Waals surface area contributed by atoms with Crippen molar-refractivity contribution in [1.82, 2.24) is 4.90 Å². The highest BCUT2D eigenvalue weighted by atomic mass is 16.7. The number of ether oxygens (including phenoxy) is 3. The van der Waals surface area contributed by atoms with Gasteiger partial charge in [0.2, 0.25) is 6.79 Å². The fourth-order valence-electron chi connectivity index (χ4n) is 4.13. The molecule has 0 bridgehead atoms. The van der Waals surface area contributed by atoms with E-state index in [2.05, 4.69) is 0 Å². The maximum absolute atomic E-state index is 13.1. The summed E-state index contributed by atoms with van der Waals surface area (Å²) in [5.41, 5.74) is 1.09.